The van der Waals surface area contributed by atoms with E-state index in [0.717, 1.165) is 24.0 Å². The predicted octanol–water partition coefficient (Wildman–Crippen LogP) is 5.14. The number of methoxy groups -OCH3 is 2. The summed E-state index contributed by atoms with van der Waals surface area (Å²) in [6.45, 7) is 4.78. The maximum atomic E-state index is 14.1. The minimum absolute atomic E-state index is 0.0501. The second-order valence-electron chi connectivity index (χ2n) is 10.6. The molecule has 42 heavy (non-hydrogen) atoms. The summed E-state index contributed by atoms with van der Waals surface area (Å²) in [7, 11) is 3.02. The van der Waals surface area contributed by atoms with Gasteiger partial charge in [-0.05, 0) is 36.6 Å². The fourth-order valence-corrected chi connectivity index (χ4v) is 5.25. The first-order valence-corrected chi connectivity index (χ1v) is 14.5. The fraction of sp³-hybridized carbons (Fsp3) is 0.548. The van der Waals surface area contributed by atoms with Crippen molar-refractivity contribution in [1.82, 2.24) is 9.80 Å². The van der Waals surface area contributed by atoms with E-state index in [9.17, 15) is 18.4 Å². The van der Waals surface area contributed by atoms with Gasteiger partial charge >= 0.3 is 6.03 Å². The van der Waals surface area contributed by atoms with Crippen LogP contribution in [0.25, 0.3) is 0 Å². The summed E-state index contributed by atoms with van der Waals surface area (Å²) in [6, 6.07) is 10.4. The third-order valence-electron chi connectivity index (χ3n) is 7.47. The number of rotatable bonds is 12. The van der Waals surface area contributed by atoms with Gasteiger partial charge in [0, 0.05) is 56.5 Å². The lowest BCUT2D eigenvalue weighted by molar-refractivity contribution is -0.130. The molecular weight excluding hydrogens is 548 g/mol. The van der Waals surface area contributed by atoms with E-state index in [1.165, 1.54) is 7.11 Å². The molecule has 2 saturated heterocycles. The van der Waals surface area contributed by atoms with Gasteiger partial charge in [0.1, 0.15) is 5.75 Å². The first kappa shape index (κ1) is 31.3. The lowest BCUT2D eigenvalue weighted by Gasteiger charge is -2.36. The largest absolute Gasteiger partial charge is 0.496 e. The zero-order valence-corrected chi connectivity index (χ0v) is 24.7. The molecule has 0 bridgehead atoms. The van der Waals surface area contributed by atoms with Crippen LogP contribution in [0.4, 0.5) is 19.3 Å². The quantitative estimate of drug-likeness (QED) is 0.341. The summed E-state index contributed by atoms with van der Waals surface area (Å²) < 4.78 is 50.1. The van der Waals surface area contributed by atoms with E-state index >= 15 is 0 Å². The number of nitrogens with zero attached hydrogens (tertiary/aromatic N) is 3. The number of carbonyl (C=O) groups excluding carboxylic acids is 2. The molecule has 2 fully saturated rings. The van der Waals surface area contributed by atoms with Crippen molar-refractivity contribution < 1.29 is 37.3 Å². The molecule has 2 aromatic rings. The van der Waals surface area contributed by atoms with Gasteiger partial charge in [-0.3, -0.25) is 9.69 Å². The number of urea groups is 1. The van der Waals surface area contributed by atoms with Crippen molar-refractivity contribution in [3.05, 3.63) is 47.5 Å². The molecule has 9 nitrogen and oxygen atoms in total. The molecule has 0 spiro atoms. The molecule has 0 unspecified atom stereocenters. The Balaban J connectivity index is 1.44. The van der Waals surface area contributed by atoms with Crippen molar-refractivity contribution in [2.75, 3.05) is 65.1 Å². The first-order valence-electron chi connectivity index (χ1n) is 14.5. The maximum absolute atomic E-state index is 14.1. The second-order valence-corrected chi connectivity index (χ2v) is 10.6. The van der Waals surface area contributed by atoms with E-state index in [1.54, 1.807) is 42.0 Å². The maximum Gasteiger partial charge on any atom is 0.324 e. The van der Waals surface area contributed by atoms with Crippen molar-refractivity contribution in [2.24, 2.45) is 0 Å². The summed E-state index contributed by atoms with van der Waals surface area (Å²) in [5.74, 6) is -1.82. The Labute approximate surface area is 246 Å². The van der Waals surface area contributed by atoms with Gasteiger partial charge in [0.05, 0.1) is 33.8 Å². The molecule has 0 N–H and O–H groups in total. The number of halogens is 2. The number of ether oxygens (including phenoxy) is 4. The van der Waals surface area contributed by atoms with Crippen LogP contribution in [-0.2, 0) is 22.5 Å². The highest BCUT2D eigenvalue weighted by Gasteiger charge is 2.31. The van der Waals surface area contributed by atoms with Gasteiger partial charge in [-0.15, -0.1) is 0 Å². The minimum Gasteiger partial charge on any atom is -0.496 e. The Hall–Kier alpha value is -3.60. The topological polar surface area (TPSA) is 80.8 Å². The fourth-order valence-electron chi connectivity index (χ4n) is 5.25. The molecular formula is C31H41F2N3O6. The molecule has 230 valence electrons. The van der Waals surface area contributed by atoms with Crippen LogP contribution in [0.1, 0.15) is 43.7 Å². The lowest BCUT2D eigenvalue weighted by atomic mass is 10.1. The molecule has 0 aliphatic carbocycles. The Bertz CT molecular complexity index is 1220. The van der Waals surface area contributed by atoms with Crippen molar-refractivity contribution in [3.8, 4) is 17.2 Å². The van der Waals surface area contributed by atoms with E-state index in [0.29, 0.717) is 69.5 Å². The number of benzene rings is 2. The number of anilines is 1. The number of carbonyl (C=O) groups is 2. The monoisotopic (exact) mass is 589 g/mol. The van der Waals surface area contributed by atoms with Crippen LogP contribution in [0.5, 0.6) is 17.2 Å². The normalized spacial score (nSPS) is 16.3. The molecule has 4 rings (SSSR count). The molecule has 2 aliphatic heterocycles. The average Bonchev–Trinajstić information content (AvgIpc) is 3.28. The Morgan fingerprint density at radius 2 is 1.76 bits per heavy atom. The van der Waals surface area contributed by atoms with Gasteiger partial charge < -0.3 is 28.7 Å². The lowest BCUT2D eigenvalue weighted by Crippen LogP contribution is -2.49. The number of alkyl halides is 2. The summed E-state index contributed by atoms with van der Waals surface area (Å²) in [5.41, 5.74) is 2.20. The third-order valence-corrected chi connectivity index (χ3v) is 7.47. The number of amides is 3. The summed E-state index contributed by atoms with van der Waals surface area (Å²) in [5, 5.41) is 0. The zero-order chi connectivity index (χ0) is 30.1. The zero-order valence-electron chi connectivity index (χ0n) is 24.7. The summed E-state index contributed by atoms with van der Waals surface area (Å²) >= 11 is 0. The SMILES string of the molecule is CCCC(F)(F)COc1cc(N2CCCN(Cc3ccc(CC(=O)N4CCCOCC4)cc3OC)C2=O)ccc1OC. The summed E-state index contributed by atoms with van der Waals surface area (Å²) in [6.07, 6.45) is 1.87. The molecule has 2 aromatic carbocycles. The highest BCUT2D eigenvalue weighted by molar-refractivity contribution is 5.93. The third kappa shape index (κ3) is 8.02. The van der Waals surface area contributed by atoms with Crippen molar-refractivity contribution in [2.45, 2.75) is 51.5 Å². The van der Waals surface area contributed by atoms with Gasteiger partial charge in [-0.2, -0.15) is 0 Å². The van der Waals surface area contributed by atoms with Crippen molar-refractivity contribution in [1.29, 1.82) is 0 Å². The molecule has 0 aromatic heterocycles. The van der Waals surface area contributed by atoms with Crippen LogP contribution in [0.3, 0.4) is 0 Å². The van der Waals surface area contributed by atoms with Crippen molar-refractivity contribution >= 4 is 17.6 Å². The van der Waals surface area contributed by atoms with Crippen LogP contribution in [0.15, 0.2) is 36.4 Å². The highest BCUT2D eigenvalue weighted by atomic mass is 19.3. The van der Waals surface area contributed by atoms with Gasteiger partial charge in [-0.25, -0.2) is 13.6 Å². The molecule has 0 radical (unpaired) electrons. The van der Waals surface area contributed by atoms with E-state index in [-0.39, 0.29) is 30.5 Å². The van der Waals surface area contributed by atoms with Crippen LogP contribution in [-0.4, -0.2) is 87.9 Å². The molecule has 3 amide bonds. The number of hydrogen-bond donors (Lipinski definition) is 0. The Morgan fingerprint density at radius 1 is 0.952 bits per heavy atom. The second kappa shape index (κ2) is 14.5. The molecule has 0 saturated carbocycles. The highest BCUT2D eigenvalue weighted by Crippen LogP contribution is 2.35. The molecule has 2 aliphatic rings. The Morgan fingerprint density at radius 3 is 2.52 bits per heavy atom. The standard InChI is InChI=1S/C31H41F2N3O6/c1-4-11-31(32,33)22-42-28-20-25(9-10-26(28)39-2)36-14-5-12-35(30(36)38)21-24-8-7-23(18-27(24)40-3)19-29(37)34-13-6-16-41-17-15-34/h7-10,18,20H,4-6,11-17,19,21-22H2,1-3H3. The van der Waals surface area contributed by atoms with Crippen LogP contribution in [0.2, 0.25) is 0 Å². The molecule has 0 atom stereocenters. The van der Waals surface area contributed by atoms with Gasteiger partial charge in [0.25, 0.3) is 5.92 Å². The minimum atomic E-state index is -2.96. The van der Waals surface area contributed by atoms with E-state index in [4.69, 9.17) is 18.9 Å². The smallest absolute Gasteiger partial charge is 0.324 e. The van der Waals surface area contributed by atoms with E-state index in [1.807, 2.05) is 23.1 Å². The van der Waals surface area contributed by atoms with E-state index in [2.05, 4.69) is 0 Å². The first-order chi connectivity index (χ1) is 20.2. The number of hydrogen-bond acceptors (Lipinski definition) is 6. The van der Waals surface area contributed by atoms with Gasteiger partial charge in [0.15, 0.2) is 18.1 Å². The van der Waals surface area contributed by atoms with Crippen molar-refractivity contribution in [3.63, 3.8) is 0 Å². The van der Waals surface area contributed by atoms with Crippen LogP contribution >= 0.6 is 0 Å². The average molecular weight is 590 g/mol. The molecule has 11 heteroatoms. The Kier molecular flexibility index (Phi) is 10.8. The van der Waals surface area contributed by atoms with Crippen LogP contribution < -0.4 is 19.1 Å². The van der Waals surface area contributed by atoms with Crippen LogP contribution in [0, 0.1) is 0 Å². The predicted molar refractivity (Wildman–Crippen MR) is 155 cm³/mol. The van der Waals surface area contributed by atoms with Gasteiger partial charge in [0.2, 0.25) is 5.91 Å². The summed E-state index contributed by atoms with van der Waals surface area (Å²) in [4.78, 5) is 31.6. The molecule has 2 heterocycles. The van der Waals surface area contributed by atoms with E-state index < -0.39 is 12.5 Å². The van der Waals surface area contributed by atoms with Gasteiger partial charge in [-0.1, -0.05) is 25.5 Å².